The number of hydrogen-bond donors (Lipinski definition) is 1. The second-order valence-electron chi connectivity index (χ2n) is 7.68. The molecule has 3 heterocycles. The van der Waals surface area contributed by atoms with Crippen LogP contribution in [0.5, 0.6) is 0 Å². The van der Waals surface area contributed by atoms with Crippen molar-refractivity contribution in [1.29, 1.82) is 0 Å². The zero-order valence-electron chi connectivity index (χ0n) is 16.6. The van der Waals surface area contributed by atoms with Crippen LogP contribution >= 0.6 is 0 Å². The predicted octanol–water partition coefficient (Wildman–Crippen LogP) is 4.34. The Hall–Kier alpha value is -3.41. The number of carbonyl (C=O) groups excluding carboxylic acids is 1. The summed E-state index contributed by atoms with van der Waals surface area (Å²) in [4.78, 5) is 23.3. The molecule has 1 atom stereocenters. The smallest absolute Gasteiger partial charge is 0.254 e. The van der Waals surface area contributed by atoms with E-state index in [2.05, 4.69) is 10.1 Å². The molecule has 1 aliphatic heterocycles. The van der Waals surface area contributed by atoms with E-state index in [-0.39, 0.29) is 11.9 Å². The lowest BCUT2D eigenvalue weighted by atomic mass is 10.1. The summed E-state index contributed by atoms with van der Waals surface area (Å²) in [6, 6.07) is 17.7. The van der Waals surface area contributed by atoms with E-state index in [1.165, 1.54) is 0 Å². The second-order valence-corrected chi connectivity index (χ2v) is 7.68. The molecule has 4 aromatic rings. The number of benzene rings is 2. The zero-order valence-corrected chi connectivity index (χ0v) is 16.6. The van der Waals surface area contributed by atoms with E-state index in [0.717, 1.165) is 53.3 Å². The number of H-pyrrole nitrogens is 1. The molecule has 0 saturated carbocycles. The predicted molar refractivity (Wildman–Crippen MR) is 112 cm³/mol. The van der Waals surface area contributed by atoms with Crippen molar-refractivity contribution < 1.29 is 4.79 Å². The van der Waals surface area contributed by atoms with Crippen molar-refractivity contribution in [3.05, 3.63) is 77.4 Å². The number of hydrogen-bond acceptors (Lipinski definition) is 3. The number of aromatic nitrogens is 4. The van der Waals surface area contributed by atoms with Gasteiger partial charge in [-0.05, 0) is 69.2 Å². The van der Waals surface area contributed by atoms with Crippen LogP contribution in [0.15, 0.2) is 54.6 Å². The maximum absolute atomic E-state index is 13.2. The molecule has 2 aromatic heterocycles. The first-order valence-corrected chi connectivity index (χ1v) is 9.99. The molecule has 1 N–H and O–H groups in total. The number of amides is 1. The first-order chi connectivity index (χ1) is 14.1. The summed E-state index contributed by atoms with van der Waals surface area (Å²) < 4.78 is 1.90. The molecule has 6 nitrogen and oxygen atoms in total. The third kappa shape index (κ3) is 3.10. The number of nitrogens with zero attached hydrogens (tertiary/aromatic N) is 4. The molecule has 2 aromatic carbocycles. The van der Waals surface area contributed by atoms with Crippen molar-refractivity contribution in [2.24, 2.45) is 0 Å². The van der Waals surface area contributed by atoms with Gasteiger partial charge < -0.3 is 9.88 Å². The third-order valence-corrected chi connectivity index (χ3v) is 5.61. The lowest BCUT2D eigenvalue weighted by molar-refractivity contribution is 0.0730. The molecule has 6 heteroatoms. The number of aryl methyl sites for hydroxylation is 2. The minimum atomic E-state index is -0.00872. The Kier molecular flexibility index (Phi) is 4.19. The number of likely N-dealkylation sites (tertiary alicyclic amines) is 1. The average Bonchev–Trinajstić information content (AvgIpc) is 3.44. The van der Waals surface area contributed by atoms with Crippen LogP contribution in [0.4, 0.5) is 0 Å². The fraction of sp³-hybridized carbons (Fsp3) is 0.261. The van der Waals surface area contributed by atoms with Gasteiger partial charge in [0, 0.05) is 17.8 Å². The molecule has 146 valence electrons. The zero-order chi connectivity index (χ0) is 20.0. The third-order valence-electron chi connectivity index (χ3n) is 5.61. The summed E-state index contributed by atoms with van der Waals surface area (Å²) in [5.41, 5.74) is 5.66. The van der Waals surface area contributed by atoms with E-state index in [0.29, 0.717) is 5.56 Å². The van der Waals surface area contributed by atoms with Gasteiger partial charge in [-0.15, -0.1) is 0 Å². The Labute approximate surface area is 169 Å². The van der Waals surface area contributed by atoms with Crippen molar-refractivity contribution in [2.45, 2.75) is 32.7 Å². The van der Waals surface area contributed by atoms with Crippen LogP contribution < -0.4 is 0 Å². The van der Waals surface area contributed by atoms with Crippen molar-refractivity contribution in [3.63, 3.8) is 0 Å². The van der Waals surface area contributed by atoms with Gasteiger partial charge >= 0.3 is 0 Å². The van der Waals surface area contributed by atoms with Gasteiger partial charge in [-0.25, -0.2) is 9.67 Å². The van der Waals surface area contributed by atoms with E-state index in [1.54, 1.807) is 0 Å². The number of carbonyl (C=O) groups is 1. The topological polar surface area (TPSA) is 66.8 Å². The summed E-state index contributed by atoms with van der Waals surface area (Å²) >= 11 is 0. The van der Waals surface area contributed by atoms with Gasteiger partial charge in [0.25, 0.3) is 5.91 Å². The molecular weight excluding hydrogens is 362 g/mol. The molecule has 1 unspecified atom stereocenters. The van der Waals surface area contributed by atoms with Gasteiger partial charge in [0.2, 0.25) is 0 Å². The van der Waals surface area contributed by atoms with Crippen molar-refractivity contribution in [1.82, 2.24) is 24.6 Å². The molecule has 0 radical (unpaired) electrons. The highest BCUT2D eigenvalue weighted by molar-refractivity contribution is 5.95. The summed E-state index contributed by atoms with van der Waals surface area (Å²) in [5, 5.41) is 4.51. The lowest BCUT2D eigenvalue weighted by Gasteiger charge is -2.23. The van der Waals surface area contributed by atoms with Gasteiger partial charge in [-0.1, -0.05) is 12.1 Å². The highest BCUT2D eigenvalue weighted by atomic mass is 16.2. The molecule has 0 bridgehead atoms. The summed E-state index contributed by atoms with van der Waals surface area (Å²) in [7, 11) is 0. The summed E-state index contributed by atoms with van der Waals surface area (Å²) in [5.74, 6) is 0.921. The average molecular weight is 385 g/mol. The Bertz CT molecular complexity index is 1150. The van der Waals surface area contributed by atoms with E-state index >= 15 is 0 Å². The molecule has 0 aliphatic carbocycles. The fourth-order valence-electron chi connectivity index (χ4n) is 4.23. The van der Waals surface area contributed by atoms with E-state index in [1.807, 2.05) is 78.0 Å². The largest absolute Gasteiger partial charge is 0.340 e. The molecule has 29 heavy (non-hydrogen) atoms. The van der Waals surface area contributed by atoms with Crippen LogP contribution in [-0.4, -0.2) is 37.1 Å². The van der Waals surface area contributed by atoms with Crippen LogP contribution in [0.25, 0.3) is 16.7 Å². The van der Waals surface area contributed by atoms with Crippen molar-refractivity contribution in [2.75, 3.05) is 6.54 Å². The molecule has 1 fully saturated rings. The monoisotopic (exact) mass is 385 g/mol. The summed E-state index contributed by atoms with van der Waals surface area (Å²) in [6.07, 6.45) is 1.91. The van der Waals surface area contributed by atoms with Gasteiger partial charge in [-0.3, -0.25) is 4.79 Å². The van der Waals surface area contributed by atoms with Crippen LogP contribution in [-0.2, 0) is 0 Å². The Morgan fingerprint density at radius 1 is 1.10 bits per heavy atom. The first-order valence-electron chi connectivity index (χ1n) is 9.99. The molecule has 5 rings (SSSR count). The van der Waals surface area contributed by atoms with Crippen LogP contribution in [0, 0.1) is 13.8 Å². The fourth-order valence-corrected chi connectivity index (χ4v) is 4.23. The number of para-hydroxylation sites is 2. The van der Waals surface area contributed by atoms with Crippen LogP contribution in [0.3, 0.4) is 0 Å². The number of imidazole rings is 1. The van der Waals surface area contributed by atoms with Gasteiger partial charge in [-0.2, -0.15) is 5.10 Å². The number of aromatic amines is 1. The van der Waals surface area contributed by atoms with Crippen molar-refractivity contribution in [3.8, 4) is 5.69 Å². The summed E-state index contributed by atoms with van der Waals surface area (Å²) in [6.45, 7) is 4.76. The van der Waals surface area contributed by atoms with E-state index in [9.17, 15) is 4.79 Å². The maximum Gasteiger partial charge on any atom is 0.254 e. The highest BCUT2D eigenvalue weighted by Gasteiger charge is 2.32. The van der Waals surface area contributed by atoms with E-state index in [4.69, 9.17) is 4.98 Å². The maximum atomic E-state index is 13.2. The molecule has 1 amide bonds. The minimum absolute atomic E-state index is 0.00872. The van der Waals surface area contributed by atoms with Crippen LogP contribution in [0.1, 0.15) is 46.5 Å². The van der Waals surface area contributed by atoms with Crippen LogP contribution in [0.2, 0.25) is 0 Å². The van der Waals surface area contributed by atoms with Gasteiger partial charge in [0.1, 0.15) is 5.82 Å². The van der Waals surface area contributed by atoms with Gasteiger partial charge in [0.15, 0.2) is 0 Å². The number of nitrogens with one attached hydrogen (secondary N) is 1. The second kappa shape index (κ2) is 6.88. The molecular formula is C23H23N5O. The number of rotatable bonds is 3. The standard InChI is InChI=1S/C23H23N5O/c1-15-14-16(2)28(26-15)18-11-9-17(10-12-18)23(29)27-13-5-8-21(27)22-24-19-6-3-4-7-20(19)25-22/h3-4,6-7,9-12,14,21H,5,8,13H2,1-2H3,(H,24,25). The first kappa shape index (κ1) is 17.7. The Morgan fingerprint density at radius 2 is 1.90 bits per heavy atom. The molecule has 1 saturated heterocycles. The number of fused-ring (bicyclic) bond motifs is 1. The van der Waals surface area contributed by atoms with Gasteiger partial charge in [0.05, 0.1) is 28.5 Å². The Morgan fingerprint density at radius 3 is 2.62 bits per heavy atom. The lowest BCUT2D eigenvalue weighted by Crippen LogP contribution is -2.31. The van der Waals surface area contributed by atoms with E-state index < -0.39 is 0 Å². The highest BCUT2D eigenvalue weighted by Crippen LogP contribution is 2.32. The van der Waals surface area contributed by atoms with Crippen molar-refractivity contribution >= 4 is 16.9 Å². The normalized spacial score (nSPS) is 16.6. The molecule has 0 spiro atoms. The quantitative estimate of drug-likeness (QED) is 0.570. The Balaban J connectivity index is 1.41. The SMILES string of the molecule is Cc1cc(C)n(-c2ccc(C(=O)N3CCCC3c3nc4ccccc4[nH]3)cc2)n1. The minimum Gasteiger partial charge on any atom is -0.340 e. The molecule has 1 aliphatic rings.